The summed E-state index contributed by atoms with van der Waals surface area (Å²) in [6.45, 7) is 4.70. The number of nitrogens with zero attached hydrogens (tertiary/aromatic N) is 2. The number of aromatic nitrogens is 1. The van der Waals surface area contributed by atoms with Crippen LogP contribution in [0.2, 0.25) is 0 Å². The summed E-state index contributed by atoms with van der Waals surface area (Å²) in [6, 6.07) is 8.63. The maximum absolute atomic E-state index is 14.4. The summed E-state index contributed by atoms with van der Waals surface area (Å²) >= 11 is 0. The summed E-state index contributed by atoms with van der Waals surface area (Å²) in [5.74, 6) is 0.0133. The number of halogens is 1. The Bertz CT molecular complexity index is 705. The van der Waals surface area contributed by atoms with Crippen LogP contribution in [0.25, 0.3) is 0 Å². The molecule has 6 heteroatoms. The second-order valence-corrected chi connectivity index (χ2v) is 5.83. The maximum atomic E-state index is 14.4. The minimum atomic E-state index is -0.499. The molecule has 134 valence electrons. The molecule has 2 heterocycles. The Hall–Kier alpha value is -2.18. The lowest BCUT2D eigenvalue weighted by atomic mass is 10.1. The molecule has 0 aliphatic carbocycles. The fourth-order valence-corrected chi connectivity index (χ4v) is 2.86. The normalized spacial score (nSPS) is 16.4. The van der Waals surface area contributed by atoms with Crippen LogP contribution in [0.1, 0.15) is 24.4 Å². The highest BCUT2D eigenvalue weighted by atomic mass is 19.1. The predicted octanol–water partition coefficient (Wildman–Crippen LogP) is 3.20. The highest BCUT2D eigenvalue weighted by Gasteiger charge is 2.28. The molecule has 1 aromatic carbocycles. The molecule has 3 rings (SSSR count). The Balaban J connectivity index is 1.96. The van der Waals surface area contributed by atoms with Gasteiger partial charge in [0.1, 0.15) is 0 Å². The van der Waals surface area contributed by atoms with Gasteiger partial charge in [-0.1, -0.05) is 13.0 Å². The van der Waals surface area contributed by atoms with Gasteiger partial charge < -0.3 is 14.2 Å². The molecule has 0 bridgehead atoms. The van der Waals surface area contributed by atoms with E-state index in [0.29, 0.717) is 32.1 Å². The molecule has 2 aromatic rings. The third-order valence-electron chi connectivity index (χ3n) is 4.26. The smallest absolute Gasteiger partial charge is 0.199 e. The van der Waals surface area contributed by atoms with Crippen LogP contribution in [0.15, 0.2) is 36.5 Å². The van der Waals surface area contributed by atoms with E-state index in [4.69, 9.17) is 14.2 Å². The van der Waals surface area contributed by atoms with Crippen molar-refractivity contribution in [1.29, 1.82) is 0 Å². The van der Waals surface area contributed by atoms with Gasteiger partial charge in [-0.05, 0) is 36.2 Å². The maximum Gasteiger partial charge on any atom is 0.199 e. The standard InChI is InChI=1S/C19H23FN2O3/c1-3-14-7-8-21-16(13-14)19(22-9-11-24-12-10-22)25-18-15(20)5-4-6-17(18)23-2/h4-8,13,19H,3,9-12H2,1-2H3/t19-/m0/s1. The highest BCUT2D eigenvalue weighted by molar-refractivity contribution is 5.41. The molecule has 0 spiro atoms. The molecule has 1 atom stereocenters. The van der Waals surface area contributed by atoms with Crippen molar-refractivity contribution >= 4 is 0 Å². The molecule has 1 fully saturated rings. The molecule has 1 aromatic heterocycles. The molecule has 1 aliphatic rings. The Labute approximate surface area is 147 Å². The molecule has 0 N–H and O–H groups in total. The quantitative estimate of drug-likeness (QED) is 0.804. The van der Waals surface area contributed by atoms with Gasteiger partial charge in [-0.3, -0.25) is 9.88 Å². The molecule has 0 unspecified atom stereocenters. The minimum Gasteiger partial charge on any atom is -0.493 e. The summed E-state index contributed by atoms with van der Waals surface area (Å²) in [4.78, 5) is 6.58. The Morgan fingerprint density at radius 3 is 2.80 bits per heavy atom. The number of ether oxygens (including phenoxy) is 3. The summed E-state index contributed by atoms with van der Waals surface area (Å²) in [5, 5.41) is 0. The van der Waals surface area contributed by atoms with Crippen LogP contribution in [0.5, 0.6) is 11.5 Å². The van der Waals surface area contributed by atoms with Crippen LogP contribution in [-0.2, 0) is 11.2 Å². The molecule has 0 amide bonds. The van der Waals surface area contributed by atoms with Gasteiger partial charge in [-0.25, -0.2) is 4.39 Å². The number of morpholine rings is 1. The average molecular weight is 346 g/mol. The van der Waals surface area contributed by atoms with Crippen LogP contribution in [0.4, 0.5) is 4.39 Å². The third-order valence-corrected chi connectivity index (χ3v) is 4.26. The van der Waals surface area contributed by atoms with Crippen molar-refractivity contribution in [2.24, 2.45) is 0 Å². The SMILES string of the molecule is CCc1ccnc([C@H](Oc2c(F)cccc2OC)N2CCOCC2)c1. The molecule has 25 heavy (non-hydrogen) atoms. The lowest BCUT2D eigenvalue weighted by Gasteiger charge is -2.34. The number of rotatable bonds is 6. The highest BCUT2D eigenvalue weighted by Crippen LogP contribution is 2.35. The van der Waals surface area contributed by atoms with Crippen LogP contribution < -0.4 is 9.47 Å². The summed E-state index contributed by atoms with van der Waals surface area (Å²) in [6.07, 6.45) is 2.17. The Morgan fingerprint density at radius 1 is 1.28 bits per heavy atom. The number of hydrogen-bond donors (Lipinski definition) is 0. The van der Waals surface area contributed by atoms with Gasteiger partial charge in [0.2, 0.25) is 0 Å². The largest absolute Gasteiger partial charge is 0.493 e. The van der Waals surface area contributed by atoms with Gasteiger partial charge in [0.15, 0.2) is 23.5 Å². The van der Waals surface area contributed by atoms with Crippen LogP contribution in [0.3, 0.4) is 0 Å². The fourth-order valence-electron chi connectivity index (χ4n) is 2.86. The van der Waals surface area contributed by atoms with Crippen molar-refractivity contribution < 1.29 is 18.6 Å². The first-order valence-corrected chi connectivity index (χ1v) is 8.48. The molecular weight excluding hydrogens is 323 g/mol. The average Bonchev–Trinajstić information content (AvgIpc) is 2.67. The lowest BCUT2D eigenvalue weighted by molar-refractivity contribution is -0.0513. The second kappa shape index (κ2) is 8.27. The van der Waals surface area contributed by atoms with E-state index in [-0.39, 0.29) is 5.75 Å². The van der Waals surface area contributed by atoms with E-state index >= 15 is 0 Å². The van der Waals surface area contributed by atoms with Gasteiger partial charge in [-0.2, -0.15) is 0 Å². The van der Waals surface area contributed by atoms with E-state index in [1.165, 1.54) is 13.2 Å². The lowest BCUT2D eigenvalue weighted by Crippen LogP contribution is -2.41. The van der Waals surface area contributed by atoms with Gasteiger partial charge in [0.05, 0.1) is 26.0 Å². The molecular formula is C19H23FN2O3. The number of pyridine rings is 1. The van der Waals surface area contributed by atoms with Crippen LogP contribution >= 0.6 is 0 Å². The van der Waals surface area contributed by atoms with Crippen LogP contribution in [-0.4, -0.2) is 43.3 Å². The van der Waals surface area contributed by atoms with Gasteiger partial charge in [0, 0.05) is 19.3 Å². The fraction of sp³-hybridized carbons (Fsp3) is 0.421. The number of para-hydroxylation sites is 1. The number of aryl methyl sites for hydroxylation is 1. The first-order valence-electron chi connectivity index (χ1n) is 8.48. The molecule has 5 nitrogen and oxygen atoms in total. The monoisotopic (exact) mass is 346 g/mol. The zero-order valence-electron chi connectivity index (χ0n) is 14.6. The van der Waals surface area contributed by atoms with Crippen molar-refractivity contribution in [2.45, 2.75) is 19.6 Å². The minimum absolute atomic E-state index is 0.102. The number of benzene rings is 1. The number of hydrogen-bond acceptors (Lipinski definition) is 5. The number of methoxy groups -OCH3 is 1. The summed E-state index contributed by atoms with van der Waals surface area (Å²) in [7, 11) is 1.50. The predicted molar refractivity (Wildman–Crippen MR) is 92.3 cm³/mol. The van der Waals surface area contributed by atoms with E-state index < -0.39 is 12.0 Å². The van der Waals surface area contributed by atoms with Crippen molar-refractivity contribution in [2.75, 3.05) is 33.4 Å². The van der Waals surface area contributed by atoms with Crippen molar-refractivity contribution in [3.63, 3.8) is 0 Å². The van der Waals surface area contributed by atoms with Crippen molar-refractivity contribution in [1.82, 2.24) is 9.88 Å². The zero-order valence-corrected chi connectivity index (χ0v) is 14.6. The Kier molecular flexibility index (Phi) is 5.83. The van der Waals surface area contributed by atoms with E-state index in [1.807, 2.05) is 12.1 Å². The van der Waals surface area contributed by atoms with E-state index in [9.17, 15) is 4.39 Å². The van der Waals surface area contributed by atoms with E-state index in [0.717, 1.165) is 17.7 Å². The first kappa shape index (κ1) is 17.6. The topological polar surface area (TPSA) is 43.8 Å². The molecule has 0 saturated carbocycles. The van der Waals surface area contributed by atoms with Crippen LogP contribution in [0, 0.1) is 5.82 Å². The Morgan fingerprint density at radius 2 is 2.08 bits per heavy atom. The third kappa shape index (κ3) is 4.08. The first-order chi connectivity index (χ1) is 12.2. The van der Waals surface area contributed by atoms with E-state index in [1.54, 1.807) is 18.3 Å². The van der Waals surface area contributed by atoms with Crippen molar-refractivity contribution in [3.8, 4) is 11.5 Å². The molecule has 1 saturated heterocycles. The molecule has 1 aliphatic heterocycles. The van der Waals surface area contributed by atoms with Gasteiger partial charge in [0.25, 0.3) is 0 Å². The molecule has 0 radical (unpaired) electrons. The van der Waals surface area contributed by atoms with E-state index in [2.05, 4.69) is 16.8 Å². The van der Waals surface area contributed by atoms with Gasteiger partial charge in [-0.15, -0.1) is 0 Å². The van der Waals surface area contributed by atoms with Gasteiger partial charge >= 0.3 is 0 Å². The summed E-state index contributed by atoms with van der Waals surface area (Å²) in [5.41, 5.74) is 1.92. The summed E-state index contributed by atoms with van der Waals surface area (Å²) < 4.78 is 31.2. The second-order valence-electron chi connectivity index (χ2n) is 5.83. The van der Waals surface area contributed by atoms with Crippen molar-refractivity contribution in [3.05, 3.63) is 53.6 Å². The zero-order chi connectivity index (χ0) is 17.6.